The molecular formula is C15H26N4O. The van der Waals surface area contributed by atoms with E-state index in [1.165, 1.54) is 32.4 Å². The standard InChI is InChI=1S/C15H26N4O/c1-11(10-19-7-5-4-6-8-19)9-16-15(20)14-12(2)17-18-13(14)3/h11H,4-10H2,1-3H3,(H,16,20)(H,17,18). The number of aromatic amines is 1. The topological polar surface area (TPSA) is 61.0 Å². The van der Waals surface area contributed by atoms with Crippen LogP contribution in [0.5, 0.6) is 0 Å². The molecule has 1 saturated heterocycles. The Hall–Kier alpha value is -1.36. The molecule has 0 bridgehead atoms. The van der Waals surface area contributed by atoms with Gasteiger partial charge in [-0.2, -0.15) is 5.10 Å². The highest BCUT2D eigenvalue weighted by atomic mass is 16.1. The van der Waals surface area contributed by atoms with Crippen LogP contribution >= 0.6 is 0 Å². The number of rotatable bonds is 5. The molecule has 1 amide bonds. The molecule has 1 aliphatic heterocycles. The minimum atomic E-state index is -0.0146. The number of likely N-dealkylation sites (tertiary alicyclic amines) is 1. The molecule has 112 valence electrons. The quantitative estimate of drug-likeness (QED) is 0.864. The molecule has 5 heteroatoms. The van der Waals surface area contributed by atoms with Crippen molar-refractivity contribution in [2.45, 2.75) is 40.0 Å². The highest BCUT2D eigenvalue weighted by Gasteiger charge is 2.17. The average molecular weight is 278 g/mol. The molecule has 0 aromatic carbocycles. The van der Waals surface area contributed by atoms with Gasteiger partial charge in [0.1, 0.15) is 0 Å². The van der Waals surface area contributed by atoms with Gasteiger partial charge in [-0.15, -0.1) is 0 Å². The Morgan fingerprint density at radius 3 is 2.65 bits per heavy atom. The zero-order valence-corrected chi connectivity index (χ0v) is 12.8. The fourth-order valence-corrected chi connectivity index (χ4v) is 2.89. The van der Waals surface area contributed by atoms with Crippen molar-refractivity contribution in [3.8, 4) is 0 Å². The summed E-state index contributed by atoms with van der Waals surface area (Å²) in [4.78, 5) is 14.7. The van der Waals surface area contributed by atoms with E-state index in [0.29, 0.717) is 11.5 Å². The minimum absolute atomic E-state index is 0.0146. The highest BCUT2D eigenvalue weighted by molar-refractivity contribution is 5.96. The van der Waals surface area contributed by atoms with Crippen molar-refractivity contribution in [1.82, 2.24) is 20.4 Å². The zero-order chi connectivity index (χ0) is 14.5. The molecule has 2 rings (SSSR count). The Bertz CT molecular complexity index is 429. The summed E-state index contributed by atoms with van der Waals surface area (Å²) in [7, 11) is 0. The van der Waals surface area contributed by atoms with Crippen molar-refractivity contribution >= 4 is 5.91 Å². The SMILES string of the molecule is Cc1n[nH]c(C)c1C(=O)NCC(C)CN1CCCCC1. The van der Waals surface area contributed by atoms with Crippen molar-refractivity contribution < 1.29 is 4.79 Å². The maximum absolute atomic E-state index is 12.2. The maximum Gasteiger partial charge on any atom is 0.255 e. The number of H-pyrrole nitrogens is 1. The fraction of sp³-hybridized carbons (Fsp3) is 0.733. The van der Waals surface area contributed by atoms with Crippen LogP contribution in [-0.2, 0) is 0 Å². The molecule has 0 spiro atoms. The van der Waals surface area contributed by atoms with Gasteiger partial charge in [-0.05, 0) is 45.7 Å². The lowest BCUT2D eigenvalue weighted by molar-refractivity contribution is 0.0941. The monoisotopic (exact) mass is 278 g/mol. The lowest BCUT2D eigenvalue weighted by Gasteiger charge is -2.29. The van der Waals surface area contributed by atoms with Gasteiger partial charge in [-0.25, -0.2) is 0 Å². The zero-order valence-electron chi connectivity index (χ0n) is 12.8. The van der Waals surface area contributed by atoms with Crippen LogP contribution < -0.4 is 5.32 Å². The first kappa shape index (κ1) is 15.0. The summed E-state index contributed by atoms with van der Waals surface area (Å²) in [5.74, 6) is 0.462. The number of carbonyl (C=O) groups excluding carboxylic acids is 1. The third-order valence-electron chi connectivity index (χ3n) is 3.98. The van der Waals surface area contributed by atoms with Crippen molar-refractivity contribution in [2.24, 2.45) is 5.92 Å². The van der Waals surface area contributed by atoms with Crippen LogP contribution in [0.1, 0.15) is 47.9 Å². The van der Waals surface area contributed by atoms with Gasteiger partial charge < -0.3 is 10.2 Å². The number of aromatic nitrogens is 2. The second kappa shape index (κ2) is 6.88. The first-order valence-electron chi connectivity index (χ1n) is 7.60. The van der Waals surface area contributed by atoms with Gasteiger partial charge in [0.25, 0.3) is 5.91 Å². The third kappa shape index (κ3) is 3.82. The van der Waals surface area contributed by atoms with Crippen molar-refractivity contribution in [3.05, 3.63) is 17.0 Å². The molecule has 1 fully saturated rings. The second-order valence-corrected chi connectivity index (χ2v) is 5.99. The third-order valence-corrected chi connectivity index (χ3v) is 3.98. The second-order valence-electron chi connectivity index (χ2n) is 5.99. The Morgan fingerprint density at radius 2 is 2.05 bits per heavy atom. The van der Waals surface area contributed by atoms with Crippen LogP contribution in [0.2, 0.25) is 0 Å². The maximum atomic E-state index is 12.2. The van der Waals surface area contributed by atoms with E-state index in [1.807, 2.05) is 13.8 Å². The van der Waals surface area contributed by atoms with Crippen LogP contribution in [0.3, 0.4) is 0 Å². The number of nitrogens with zero attached hydrogens (tertiary/aromatic N) is 2. The smallest absolute Gasteiger partial charge is 0.255 e. The number of amides is 1. The van der Waals surface area contributed by atoms with Crippen molar-refractivity contribution in [2.75, 3.05) is 26.2 Å². The van der Waals surface area contributed by atoms with Crippen molar-refractivity contribution in [1.29, 1.82) is 0 Å². The molecule has 1 aliphatic rings. The summed E-state index contributed by atoms with van der Waals surface area (Å²) >= 11 is 0. The summed E-state index contributed by atoms with van der Waals surface area (Å²) < 4.78 is 0. The summed E-state index contributed by atoms with van der Waals surface area (Å²) in [5, 5.41) is 9.95. The molecular weight excluding hydrogens is 252 g/mol. The summed E-state index contributed by atoms with van der Waals surface area (Å²) in [6, 6.07) is 0. The van der Waals surface area contributed by atoms with Crippen LogP contribution in [-0.4, -0.2) is 47.2 Å². The van der Waals surface area contributed by atoms with Gasteiger partial charge in [0, 0.05) is 18.8 Å². The van der Waals surface area contributed by atoms with Crippen LogP contribution in [0.4, 0.5) is 0 Å². The largest absolute Gasteiger partial charge is 0.352 e. The molecule has 1 aromatic heterocycles. The van der Waals surface area contributed by atoms with E-state index in [0.717, 1.165) is 24.5 Å². The minimum Gasteiger partial charge on any atom is -0.352 e. The number of aryl methyl sites for hydroxylation is 2. The predicted molar refractivity (Wildman–Crippen MR) is 79.8 cm³/mol. The lowest BCUT2D eigenvalue weighted by Crippen LogP contribution is -2.38. The van der Waals surface area contributed by atoms with Gasteiger partial charge in [0.15, 0.2) is 0 Å². The molecule has 0 aliphatic carbocycles. The number of piperidine rings is 1. The molecule has 5 nitrogen and oxygen atoms in total. The molecule has 1 aromatic rings. The fourth-order valence-electron chi connectivity index (χ4n) is 2.89. The average Bonchev–Trinajstić information content (AvgIpc) is 2.77. The van der Waals surface area contributed by atoms with E-state index in [-0.39, 0.29) is 5.91 Å². The summed E-state index contributed by atoms with van der Waals surface area (Å²) in [6.07, 6.45) is 3.99. The first-order valence-corrected chi connectivity index (χ1v) is 7.60. The normalized spacial score (nSPS) is 17.9. The van der Waals surface area contributed by atoms with E-state index in [9.17, 15) is 4.79 Å². The molecule has 2 N–H and O–H groups in total. The highest BCUT2D eigenvalue weighted by Crippen LogP contribution is 2.11. The number of nitrogens with one attached hydrogen (secondary N) is 2. The summed E-state index contributed by atoms with van der Waals surface area (Å²) in [6.45, 7) is 10.1. The number of hydrogen-bond donors (Lipinski definition) is 2. The Morgan fingerprint density at radius 1 is 1.35 bits per heavy atom. The summed E-state index contributed by atoms with van der Waals surface area (Å²) in [5.41, 5.74) is 2.29. The van der Waals surface area contributed by atoms with Gasteiger partial charge in [0.05, 0.1) is 11.3 Å². The van der Waals surface area contributed by atoms with Crippen molar-refractivity contribution in [3.63, 3.8) is 0 Å². The van der Waals surface area contributed by atoms with E-state index >= 15 is 0 Å². The van der Waals surface area contributed by atoms with Gasteiger partial charge >= 0.3 is 0 Å². The molecule has 1 unspecified atom stereocenters. The Labute approximate surface area is 121 Å². The van der Waals surface area contributed by atoms with E-state index in [2.05, 4.69) is 27.3 Å². The van der Waals surface area contributed by atoms with Crippen LogP contribution in [0.25, 0.3) is 0 Å². The molecule has 1 atom stereocenters. The predicted octanol–water partition coefficient (Wildman–Crippen LogP) is 1.88. The molecule has 0 saturated carbocycles. The molecule has 20 heavy (non-hydrogen) atoms. The number of hydrogen-bond acceptors (Lipinski definition) is 3. The van der Waals surface area contributed by atoms with Gasteiger partial charge in [0.2, 0.25) is 0 Å². The van der Waals surface area contributed by atoms with Crippen LogP contribution in [0, 0.1) is 19.8 Å². The Balaban J connectivity index is 1.78. The molecule has 0 radical (unpaired) electrons. The first-order chi connectivity index (χ1) is 9.58. The van der Waals surface area contributed by atoms with Crippen LogP contribution in [0.15, 0.2) is 0 Å². The van der Waals surface area contributed by atoms with E-state index in [4.69, 9.17) is 0 Å². The van der Waals surface area contributed by atoms with E-state index < -0.39 is 0 Å². The molecule has 2 heterocycles. The number of carbonyl (C=O) groups is 1. The van der Waals surface area contributed by atoms with Gasteiger partial charge in [-0.1, -0.05) is 13.3 Å². The Kier molecular flexibility index (Phi) is 5.17. The van der Waals surface area contributed by atoms with E-state index in [1.54, 1.807) is 0 Å². The lowest BCUT2D eigenvalue weighted by atomic mass is 10.1. The van der Waals surface area contributed by atoms with Gasteiger partial charge in [-0.3, -0.25) is 9.89 Å².